The molecule has 148 valence electrons. The average molecular weight is 401 g/mol. The Labute approximate surface area is 167 Å². The highest BCUT2D eigenvalue weighted by Crippen LogP contribution is 2.34. The molecule has 0 bridgehead atoms. The summed E-state index contributed by atoms with van der Waals surface area (Å²) in [6.07, 6.45) is 4.55. The summed E-state index contributed by atoms with van der Waals surface area (Å²) in [7, 11) is 3.24. The van der Waals surface area contributed by atoms with Crippen molar-refractivity contribution < 1.29 is 14.3 Å². The Balaban J connectivity index is 1.67. The minimum Gasteiger partial charge on any atom is -0.493 e. The predicted molar refractivity (Wildman–Crippen MR) is 109 cm³/mol. The lowest BCUT2D eigenvalue weighted by atomic mass is 10.1. The van der Waals surface area contributed by atoms with E-state index in [-0.39, 0.29) is 5.91 Å². The number of methoxy groups -OCH3 is 2. The highest BCUT2D eigenvalue weighted by Gasteiger charge is 2.19. The van der Waals surface area contributed by atoms with E-state index in [1.165, 1.54) is 24.6 Å². The van der Waals surface area contributed by atoms with E-state index >= 15 is 0 Å². The smallest absolute Gasteiger partial charge is 0.230 e. The van der Waals surface area contributed by atoms with Crippen LogP contribution in [0.25, 0.3) is 16.6 Å². The Morgan fingerprint density at radius 1 is 1.18 bits per heavy atom. The van der Waals surface area contributed by atoms with Gasteiger partial charge >= 0.3 is 0 Å². The maximum atomic E-state index is 12.3. The summed E-state index contributed by atoms with van der Waals surface area (Å²) in [6, 6.07) is 6.25. The van der Waals surface area contributed by atoms with Gasteiger partial charge in [0.1, 0.15) is 0 Å². The number of ether oxygens (including phenoxy) is 2. The molecule has 1 N–H and O–H groups in total. The first-order valence-electron chi connectivity index (χ1n) is 9.43. The maximum Gasteiger partial charge on any atom is 0.230 e. The van der Waals surface area contributed by atoms with Crippen molar-refractivity contribution in [3.05, 3.63) is 23.8 Å². The second-order valence-electron chi connectivity index (χ2n) is 7.07. The molecule has 2 aromatic heterocycles. The molecule has 0 aliphatic heterocycles. The Morgan fingerprint density at radius 3 is 2.61 bits per heavy atom. The van der Waals surface area contributed by atoms with Crippen LogP contribution in [0.5, 0.6) is 11.5 Å². The van der Waals surface area contributed by atoms with E-state index in [9.17, 15) is 4.79 Å². The van der Waals surface area contributed by atoms with Gasteiger partial charge in [0.15, 0.2) is 22.3 Å². The number of fused-ring (bicyclic) bond motifs is 3. The Bertz CT molecular complexity index is 1030. The quantitative estimate of drug-likeness (QED) is 0.640. The number of aryl methyl sites for hydroxylation is 1. The summed E-state index contributed by atoms with van der Waals surface area (Å²) in [4.78, 5) is 12.3. The summed E-state index contributed by atoms with van der Waals surface area (Å²) in [6.45, 7) is 2.00. The lowest BCUT2D eigenvalue weighted by Crippen LogP contribution is -2.33. The van der Waals surface area contributed by atoms with Gasteiger partial charge < -0.3 is 14.8 Å². The van der Waals surface area contributed by atoms with Crippen molar-refractivity contribution in [3.63, 3.8) is 0 Å². The summed E-state index contributed by atoms with van der Waals surface area (Å²) in [5, 5.41) is 13.5. The number of carbonyl (C=O) groups is 1. The van der Waals surface area contributed by atoms with Crippen molar-refractivity contribution in [2.45, 2.75) is 43.8 Å². The van der Waals surface area contributed by atoms with E-state index in [0.717, 1.165) is 35.0 Å². The number of aromatic nitrogens is 3. The molecule has 1 saturated carbocycles. The third-order valence-corrected chi connectivity index (χ3v) is 6.11. The van der Waals surface area contributed by atoms with Crippen LogP contribution in [0, 0.1) is 6.92 Å². The monoisotopic (exact) mass is 400 g/mol. The van der Waals surface area contributed by atoms with E-state index in [2.05, 4.69) is 21.6 Å². The van der Waals surface area contributed by atoms with Gasteiger partial charge in [-0.05, 0) is 37.5 Å². The van der Waals surface area contributed by atoms with Crippen molar-refractivity contribution in [1.29, 1.82) is 0 Å². The molecule has 1 amide bonds. The van der Waals surface area contributed by atoms with Crippen LogP contribution in [0.3, 0.4) is 0 Å². The number of rotatable bonds is 6. The fourth-order valence-corrected chi connectivity index (χ4v) is 4.55. The second-order valence-corrected chi connectivity index (χ2v) is 8.02. The fourth-order valence-electron chi connectivity index (χ4n) is 3.80. The van der Waals surface area contributed by atoms with Crippen molar-refractivity contribution in [2.75, 3.05) is 20.0 Å². The van der Waals surface area contributed by atoms with Crippen molar-refractivity contribution >= 4 is 34.2 Å². The Hall–Kier alpha value is -2.48. The van der Waals surface area contributed by atoms with Gasteiger partial charge in [-0.3, -0.25) is 9.20 Å². The molecule has 7 nitrogen and oxygen atoms in total. The predicted octanol–water partition coefficient (Wildman–Crippen LogP) is 3.36. The number of amides is 1. The molecule has 2 heterocycles. The van der Waals surface area contributed by atoms with Gasteiger partial charge in [-0.25, -0.2) is 0 Å². The number of nitrogens with one attached hydrogen (secondary N) is 1. The van der Waals surface area contributed by atoms with Crippen LogP contribution >= 0.6 is 11.8 Å². The average Bonchev–Trinajstić information content (AvgIpc) is 3.35. The number of pyridine rings is 1. The molecule has 0 spiro atoms. The SMILES string of the molecule is COc1cc2cc(C)c3nnc(SCC(=O)NC4CCCC4)n3c2cc1OC. The summed E-state index contributed by atoms with van der Waals surface area (Å²) in [5.74, 6) is 1.68. The minimum atomic E-state index is 0.0462. The van der Waals surface area contributed by atoms with E-state index in [1.54, 1.807) is 14.2 Å². The number of hydrogen-bond acceptors (Lipinski definition) is 6. The van der Waals surface area contributed by atoms with Crippen LogP contribution in [0.2, 0.25) is 0 Å². The summed E-state index contributed by atoms with van der Waals surface area (Å²) >= 11 is 1.40. The zero-order valence-corrected chi connectivity index (χ0v) is 17.1. The highest BCUT2D eigenvalue weighted by atomic mass is 32.2. The second kappa shape index (κ2) is 7.87. The third-order valence-electron chi connectivity index (χ3n) is 5.18. The molecule has 0 radical (unpaired) electrons. The van der Waals surface area contributed by atoms with Crippen LogP contribution in [0.4, 0.5) is 0 Å². The summed E-state index contributed by atoms with van der Waals surface area (Å²) < 4.78 is 12.9. The topological polar surface area (TPSA) is 77.8 Å². The number of carbonyl (C=O) groups excluding carboxylic acids is 1. The van der Waals surface area contributed by atoms with Crippen LogP contribution in [-0.2, 0) is 4.79 Å². The molecule has 3 aromatic rings. The van der Waals surface area contributed by atoms with Crippen molar-refractivity contribution in [2.24, 2.45) is 0 Å². The molecule has 8 heteroatoms. The van der Waals surface area contributed by atoms with Crippen LogP contribution in [0.1, 0.15) is 31.2 Å². The minimum absolute atomic E-state index is 0.0462. The van der Waals surface area contributed by atoms with E-state index in [0.29, 0.717) is 28.5 Å². The van der Waals surface area contributed by atoms with Gasteiger partial charge in [0.2, 0.25) is 5.91 Å². The van der Waals surface area contributed by atoms with E-state index in [1.807, 2.05) is 23.5 Å². The zero-order valence-electron chi connectivity index (χ0n) is 16.3. The standard InChI is InChI=1S/C20H24N4O3S/c1-12-8-13-9-16(26-2)17(27-3)10-15(13)24-19(12)22-23-20(24)28-11-18(25)21-14-6-4-5-7-14/h8-10,14H,4-7,11H2,1-3H3,(H,21,25). The third kappa shape index (κ3) is 3.48. The molecule has 28 heavy (non-hydrogen) atoms. The Morgan fingerprint density at radius 2 is 1.89 bits per heavy atom. The number of benzene rings is 1. The normalized spacial score (nSPS) is 14.7. The van der Waals surface area contributed by atoms with E-state index in [4.69, 9.17) is 9.47 Å². The first-order chi connectivity index (χ1) is 13.6. The molecule has 0 unspecified atom stereocenters. The molecular weight excluding hydrogens is 376 g/mol. The van der Waals surface area contributed by atoms with Crippen LogP contribution < -0.4 is 14.8 Å². The largest absolute Gasteiger partial charge is 0.493 e. The number of hydrogen-bond donors (Lipinski definition) is 1. The summed E-state index contributed by atoms with van der Waals surface area (Å²) in [5.41, 5.74) is 2.70. The first-order valence-corrected chi connectivity index (χ1v) is 10.4. The molecule has 1 aliphatic carbocycles. The fraction of sp³-hybridized carbons (Fsp3) is 0.450. The molecule has 0 atom stereocenters. The molecule has 4 rings (SSSR count). The van der Waals surface area contributed by atoms with Crippen LogP contribution in [-0.4, -0.2) is 46.5 Å². The number of nitrogens with zero attached hydrogens (tertiary/aromatic N) is 3. The molecule has 1 aromatic carbocycles. The lowest BCUT2D eigenvalue weighted by molar-refractivity contribution is -0.119. The van der Waals surface area contributed by atoms with Crippen molar-refractivity contribution in [1.82, 2.24) is 19.9 Å². The van der Waals surface area contributed by atoms with Crippen LogP contribution in [0.15, 0.2) is 23.4 Å². The van der Waals surface area contributed by atoms with Gasteiger partial charge in [-0.15, -0.1) is 10.2 Å². The molecule has 0 saturated heterocycles. The first kappa shape index (κ1) is 18.9. The molecule has 1 fully saturated rings. The van der Waals surface area contributed by atoms with Gasteiger partial charge in [-0.2, -0.15) is 0 Å². The zero-order chi connectivity index (χ0) is 19.7. The molecule has 1 aliphatic rings. The lowest BCUT2D eigenvalue weighted by Gasteiger charge is -2.13. The van der Waals surface area contributed by atoms with Gasteiger partial charge in [0.25, 0.3) is 0 Å². The highest BCUT2D eigenvalue weighted by molar-refractivity contribution is 7.99. The van der Waals surface area contributed by atoms with Gasteiger partial charge in [0, 0.05) is 17.5 Å². The van der Waals surface area contributed by atoms with Gasteiger partial charge in [-0.1, -0.05) is 24.6 Å². The van der Waals surface area contributed by atoms with Crippen molar-refractivity contribution in [3.8, 4) is 11.5 Å². The Kier molecular flexibility index (Phi) is 5.30. The van der Waals surface area contributed by atoms with E-state index < -0.39 is 0 Å². The maximum absolute atomic E-state index is 12.3. The van der Waals surface area contributed by atoms with Gasteiger partial charge in [0.05, 0.1) is 25.5 Å². The number of thioether (sulfide) groups is 1. The molecular formula is C20H24N4O3S.